The minimum Gasteiger partial charge on any atom is -0.481 e. The van der Waals surface area contributed by atoms with E-state index >= 15 is 0 Å². The normalized spacial score (nSPS) is 24.1. The first-order valence-corrected chi connectivity index (χ1v) is 8.95. The van der Waals surface area contributed by atoms with Crippen LogP contribution in [0.3, 0.4) is 0 Å². The van der Waals surface area contributed by atoms with E-state index in [0.717, 1.165) is 6.42 Å². The van der Waals surface area contributed by atoms with Crippen molar-refractivity contribution in [3.63, 3.8) is 0 Å². The van der Waals surface area contributed by atoms with Gasteiger partial charge >= 0.3 is 5.97 Å². The van der Waals surface area contributed by atoms with E-state index in [-0.39, 0.29) is 29.4 Å². The molecule has 142 valence electrons. The number of ketones is 1. The molecular formula is C20H33NO4. The van der Waals surface area contributed by atoms with Crippen molar-refractivity contribution in [3.8, 4) is 0 Å². The van der Waals surface area contributed by atoms with Gasteiger partial charge in [0.15, 0.2) is 5.78 Å². The van der Waals surface area contributed by atoms with Crippen LogP contribution >= 0.6 is 0 Å². The SMILES string of the molecule is C=C(CC(=O)[C@@H](NC(C)=O)C(C)(C)C)[C@H](C(=O)O)[C@H]1[C@H](CC)C1(C)C. The molecule has 1 fully saturated rings. The molecule has 0 aliphatic heterocycles. The first-order valence-electron chi connectivity index (χ1n) is 8.95. The number of carboxylic acid groups (broad SMARTS) is 1. The average molecular weight is 351 g/mol. The van der Waals surface area contributed by atoms with Crippen LogP contribution in [0.1, 0.15) is 61.3 Å². The van der Waals surface area contributed by atoms with Crippen LogP contribution in [-0.2, 0) is 14.4 Å². The third-order valence-electron chi connectivity index (χ3n) is 5.58. The summed E-state index contributed by atoms with van der Waals surface area (Å²) in [5.41, 5.74) is -0.0663. The molecule has 0 radical (unpaired) electrons. The molecule has 0 aromatic carbocycles. The molecule has 5 heteroatoms. The molecule has 0 spiro atoms. The minimum atomic E-state index is -0.918. The van der Waals surface area contributed by atoms with Crippen LogP contribution in [0.2, 0.25) is 0 Å². The van der Waals surface area contributed by atoms with E-state index in [4.69, 9.17) is 0 Å². The highest BCUT2D eigenvalue weighted by Gasteiger charge is 2.61. The van der Waals surface area contributed by atoms with Gasteiger partial charge in [-0.3, -0.25) is 14.4 Å². The van der Waals surface area contributed by atoms with Crippen LogP contribution in [0.4, 0.5) is 0 Å². The number of Topliss-reactive ketones (excluding diaryl/α,β-unsaturated/α-hetero) is 1. The van der Waals surface area contributed by atoms with Crippen molar-refractivity contribution >= 4 is 17.7 Å². The fourth-order valence-electron chi connectivity index (χ4n) is 4.23. The molecule has 0 saturated heterocycles. The second kappa shape index (κ2) is 7.30. The Morgan fingerprint density at radius 1 is 1.24 bits per heavy atom. The Balaban J connectivity index is 2.95. The molecule has 1 rings (SSSR count). The Bertz CT molecular complexity index is 571. The van der Waals surface area contributed by atoms with Gasteiger partial charge in [0.2, 0.25) is 5.91 Å². The molecule has 1 aliphatic carbocycles. The number of amides is 1. The van der Waals surface area contributed by atoms with E-state index in [1.54, 1.807) is 0 Å². The molecule has 5 nitrogen and oxygen atoms in total. The van der Waals surface area contributed by atoms with Gasteiger partial charge in [-0.05, 0) is 22.7 Å². The first-order chi connectivity index (χ1) is 11.2. The summed E-state index contributed by atoms with van der Waals surface area (Å²) in [6, 6.07) is -0.662. The van der Waals surface area contributed by atoms with E-state index in [0.29, 0.717) is 11.5 Å². The number of nitrogens with one attached hydrogen (secondary N) is 1. The maximum Gasteiger partial charge on any atom is 0.310 e. The lowest BCUT2D eigenvalue weighted by molar-refractivity contribution is -0.141. The number of hydrogen-bond acceptors (Lipinski definition) is 3. The molecule has 0 aromatic rings. The molecular weight excluding hydrogens is 318 g/mol. The van der Waals surface area contributed by atoms with Crippen molar-refractivity contribution in [2.75, 3.05) is 0 Å². The van der Waals surface area contributed by atoms with E-state index in [1.807, 2.05) is 20.8 Å². The summed E-state index contributed by atoms with van der Waals surface area (Å²) in [4.78, 5) is 36.0. The van der Waals surface area contributed by atoms with Crippen LogP contribution in [-0.4, -0.2) is 28.8 Å². The van der Waals surface area contributed by atoms with Gasteiger partial charge in [0.25, 0.3) is 0 Å². The summed E-state index contributed by atoms with van der Waals surface area (Å²) in [5, 5.41) is 12.4. The van der Waals surface area contributed by atoms with Gasteiger partial charge < -0.3 is 10.4 Å². The van der Waals surface area contributed by atoms with E-state index in [2.05, 4.69) is 32.7 Å². The highest BCUT2D eigenvalue weighted by molar-refractivity contribution is 5.91. The molecule has 4 atom stereocenters. The maximum atomic E-state index is 12.7. The third kappa shape index (κ3) is 4.71. The van der Waals surface area contributed by atoms with Crippen molar-refractivity contribution < 1.29 is 19.5 Å². The molecule has 1 saturated carbocycles. The van der Waals surface area contributed by atoms with Crippen molar-refractivity contribution in [2.45, 2.75) is 67.3 Å². The highest BCUT2D eigenvalue weighted by Crippen LogP contribution is 2.64. The van der Waals surface area contributed by atoms with E-state index in [9.17, 15) is 19.5 Å². The lowest BCUT2D eigenvalue weighted by atomic mass is 9.80. The zero-order valence-electron chi connectivity index (χ0n) is 16.6. The van der Waals surface area contributed by atoms with Crippen LogP contribution in [0.15, 0.2) is 12.2 Å². The zero-order chi connectivity index (χ0) is 19.7. The van der Waals surface area contributed by atoms with Crippen molar-refractivity contribution in [3.05, 3.63) is 12.2 Å². The molecule has 25 heavy (non-hydrogen) atoms. The predicted molar refractivity (Wildman–Crippen MR) is 98.0 cm³/mol. The van der Waals surface area contributed by atoms with Gasteiger partial charge in [-0.2, -0.15) is 0 Å². The van der Waals surface area contributed by atoms with Gasteiger partial charge in [0, 0.05) is 13.3 Å². The van der Waals surface area contributed by atoms with Crippen LogP contribution in [0.25, 0.3) is 0 Å². The fraction of sp³-hybridized carbons (Fsp3) is 0.750. The van der Waals surface area contributed by atoms with Crippen LogP contribution in [0, 0.1) is 28.6 Å². The lowest BCUT2D eigenvalue weighted by Crippen LogP contribution is -2.48. The average Bonchev–Trinajstić information content (AvgIpc) is 2.95. The van der Waals surface area contributed by atoms with Gasteiger partial charge in [-0.1, -0.05) is 60.1 Å². The third-order valence-corrected chi connectivity index (χ3v) is 5.58. The molecule has 0 unspecified atom stereocenters. The number of carboxylic acids is 1. The maximum absolute atomic E-state index is 12.7. The van der Waals surface area contributed by atoms with Crippen molar-refractivity contribution in [1.29, 1.82) is 0 Å². The Kier molecular flexibility index (Phi) is 6.25. The van der Waals surface area contributed by atoms with Crippen LogP contribution in [0.5, 0.6) is 0 Å². The van der Waals surface area contributed by atoms with Crippen molar-refractivity contribution in [2.24, 2.45) is 28.6 Å². The summed E-state index contributed by atoms with van der Waals surface area (Å²) < 4.78 is 0. The molecule has 1 amide bonds. The second-order valence-corrected chi connectivity index (χ2v) is 8.98. The number of carbonyl (C=O) groups excluding carboxylic acids is 2. The van der Waals surface area contributed by atoms with Crippen molar-refractivity contribution in [1.82, 2.24) is 5.32 Å². The van der Waals surface area contributed by atoms with E-state index in [1.165, 1.54) is 6.92 Å². The summed E-state index contributed by atoms with van der Waals surface area (Å²) in [5.74, 6) is -1.77. The number of carbonyl (C=O) groups is 3. The molecule has 0 heterocycles. The molecule has 0 bridgehead atoms. The summed E-state index contributed by atoms with van der Waals surface area (Å²) in [6.07, 6.45) is 0.890. The number of aliphatic carboxylic acids is 1. The van der Waals surface area contributed by atoms with Gasteiger partial charge in [0.05, 0.1) is 12.0 Å². The smallest absolute Gasteiger partial charge is 0.310 e. The van der Waals surface area contributed by atoms with Crippen LogP contribution < -0.4 is 5.32 Å². The van der Waals surface area contributed by atoms with E-state index < -0.39 is 23.3 Å². The molecule has 0 aromatic heterocycles. The Hall–Kier alpha value is -1.65. The van der Waals surface area contributed by atoms with Gasteiger partial charge in [0.1, 0.15) is 0 Å². The Morgan fingerprint density at radius 3 is 2.08 bits per heavy atom. The quantitative estimate of drug-likeness (QED) is 0.656. The predicted octanol–water partition coefficient (Wildman–Crippen LogP) is 3.44. The monoisotopic (exact) mass is 351 g/mol. The second-order valence-electron chi connectivity index (χ2n) is 8.98. The van der Waals surface area contributed by atoms with Gasteiger partial charge in [-0.15, -0.1) is 0 Å². The summed E-state index contributed by atoms with van der Waals surface area (Å²) >= 11 is 0. The fourth-order valence-corrected chi connectivity index (χ4v) is 4.23. The largest absolute Gasteiger partial charge is 0.481 e. The lowest BCUT2D eigenvalue weighted by Gasteiger charge is -2.30. The zero-order valence-corrected chi connectivity index (χ0v) is 16.6. The first kappa shape index (κ1) is 21.4. The number of hydrogen-bond donors (Lipinski definition) is 2. The summed E-state index contributed by atoms with van der Waals surface area (Å²) in [6.45, 7) is 17.2. The molecule has 2 N–H and O–H groups in total. The minimum absolute atomic E-state index is 0.00385. The standard InChI is InChI=1S/C20H33NO4/c1-9-13-16(20(13,7)8)15(18(24)25)11(2)10-14(23)17(19(4,5)6)21-12(3)22/h13,15-17H,2,9-10H2,1,3-8H3,(H,21,22)(H,24,25)/t13-,15-,16+,17+/m0/s1. The Labute approximate surface area is 151 Å². The summed E-state index contributed by atoms with van der Waals surface area (Å²) in [7, 11) is 0. The molecule has 1 aliphatic rings. The number of rotatable bonds is 8. The Morgan fingerprint density at radius 2 is 1.76 bits per heavy atom. The topological polar surface area (TPSA) is 83.5 Å². The van der Waals surface area contributed by atoms with Gasteiger partial charge in [-0.25, -0.2) is 0 Å². The highest BCUT2D eigenvalue weighted by atomic mass is 16.4.